The van der Waals surface area contributed by atoms with Gasteiger partial charge in [-0.25, -0.2) is 0 Å². The number of nitrogens with zero attached hydrogens (tertiary/aromatic N) is 1. The van der Waals surface area contributed by atoms with Crippen LogP contribution in [0.2, 0.25) is 0 Å². The van der Waals surface area contributed by atoms with Crippen molar-refractivity contribution in [3.05, 3.63) is 54.1 Å². The first-order chi connectivity index (χ1) is 12.7. The average Bonchev–Trinajstić information content (AvgIpc) is 2.68. The molecular weight excluding hydrogens is 457 g/mol. The first-order valence-corrected chi connectivity index (χ1v) is 8.63. The minimum absolute atomic E-state index is 0. The summed E-state index contributed by atoms with van der Waals surface area (Å²) in [6, 6.07) is 15.7. The van der Waals surface area contributed by atoms with Gasteiger partial charge in [0.1, 0.15) is 0 Å². The lowest BCUT2D eigenvalue weighted by Crippen LogP contribution is -2.22. The van der Waals surface area contributed by atoms with Crippen LogP contribution in [0.15, 0.2) is 53.5 Å². The normalized spacial score (nSPS) is 10.8. The van der Waals surface area contributed by atoms with E-state index in [9.17, 15) is 0 Å². The van der Waals surface area contributed by atoms with Gasteiger partial charge in [0.25, 0.3) is 0 Å². The summed E-state index contributed by atoms with van der Waals surface area (Å²) in [5.74, 6) is 1.69. The average molecular weight is 485 g/mol. The Labute approximate surface area is 178 Å². The molecule has 0 saturated carbocycles. The molecule has 2 aromatic rings. The summed E-state index contributed by atoms with van der Waals surface area (Å²) in [7, 11) is 3.20. The smallest absolute Gasteiger partial charge is 0.193 e. The molecule has 0 saturated heterocycles. The zero-order valence-electron chi connectivity index (χ0n) is 15.8. The highest BCUT2D eigenvalue weighted by Crippen LogP contribution is 2.29. The van der Waals surface area contributed by atoms with Crippen molar-refractivity contribution < 1.29 is 14.2 Å². The van der Waals surface area contributed by atoms with Gasteiger partial charge < -0.3 is 25.3 Å². The molecule has 0 aliphatic heterocycles. The number of methoxy groups -OCH3 is 2. The van der Waals surface area contributed by atoms with E-state index in [1.807, 2.05) is 36.4 Å². The van der Waals surface area contributed by atoms with Crippen LogP contribution < -0.4 is 20.5 Å². The van der Waals surface area contributed by atoms with Crippen molar-refractivity contribution in [1.82, 2.24) is 0 Å². The number of unbranched alkanes of at least 4 members (excludes halogenated alkanes) is 1. The molecule has 0 bridgehead atoms. The van der Waals surface area contributed by atoms with Gasteiger partial charge in [-0.3, -0.25) is 4.99 Å². The summed E-state index contributed by atoms with van der Waals surface area (Å²) in [5.41, 5.74) is 7.91. The lowest BCUT2D eigenvalue weighted by atomic mass is 10.2. The fourth-order valence-electron chi connectivity index (χ4n) is 2.38. The number of ether oxygens (including phenoxy) is 3. The van der Waals surface area contributed by atoms with E-state index < -0.39 is 0 Å². The molecular formula is C20H28IN3O3. The summed E-state index contributed by atoms with van der Waals surface area (Å²) >= 11 is 0. The zero-order chi connectivity index (χ0) is 18.6. The minimum atomic E-state index is 0. The maximum absolute atomic E-state index is 5.92. The Hall–Kier alpha value is -2.00. The van der Waals surface area contributed by atoms with Gasteiger partial charge in [-0.05, 0) is 30.5 Å². The summed E-state index contributed by atoms with van der Waals surface area (Å²) < 4.78 is 16.1. The zero-order valence-corrected chi connectivity index (χ0v) is 18.1. The molecule has 0 radical (unpaired) electrons. The largest absolute Gasteiger partial charge is 0.493 e. The van der Waals surface area contributed by atoms with Gasteiger partial charge in [0.05, 0.1) is 20.8 Å². The molecule has 0 aromatic heterocycles. The first-order valence-electron chi connectivity index (χ1n) is 8.63. The second-order valence-electron chi connectivity index (χ2n) is 5.71. The van der Waals surface area contributed by atoms with Crippen molar-refractivity contribution in [3.8, 4) is 11.5 Å². The first kappa shape index (κ1) is 23.0. The Morgan fingerprint density at radius 2 is 1.74 bits per heavy atom. The Morgan fingerprint density at radius 3 is 2.44 bits per heavy atom. The second-order valence-corrected chi connectivity index (χ2v) is 5.71. The van der Waals surface area contributed by atoms with E-state index in [1.54, 1.807) is 14.2 Å². The van der Waals surface area contributed by atoms with E-state index in [1.165, 1.54) is 5.56 Å². The summed E-state index contributed by atoms with van der Waals surface area (Å²) in [6.45, 7) is 2.02. The van der Waals surface area contributed by atoms with Crippen LogP contribution in [-0.4, -0.2) is 33.3 Å². The maximum atomic E-state index is 5.92. The predicted molar refractivity (Wildman–Crippen MR) is 120 cm³/mol. The monoisotopic (exact) mass is 485 g/mol. The van der Waals surface area contributed by atoms with Crippen LogP contribution >= 0.6 is 24.0 Å². The van der Waals surface area contributed by atoms with Gasteiger partial charge >= 0.3 is 0 Å². The van der Waals surface area contributed by atoms with Crippen LogP contribution in [0, 0.1) is 0 Å². The number of rotatable bonds is 10. The lowest BCUT2D eigenvalue weighted by molar-refractivity contribution is 0.117. The fraction of sp³-hybridized carbons (Fsp3) is 0.350. The minimum Gasteiger partial charge on any atom is -0.493 e. The van der Waals surface area contributed by atoms with Crippen LogP contribution in [0.4, 0.5) is 5.69 Å². The Balaban J connectivity index is 0.00000364. The summed E-state index contributed by atoms with van der Waals surface area (Å²) in [6.07, 6.45) is 1.86. The Morgan fingerprint density at radius 1 is 1.00 bits per heavy atom. The highest BCUT2D eigenvalue weighted by molar-refractivity contribution is 14.0. The third kappa shape index (κ3) is 8.49. The predicted octanol–water partition coefficient (Wildman–Crippen LogP) is 4.05. The standard InChI is InChI=1S/C20H27N3O3.HI/c1-24-18-11-10-17(14-19(18)25-2)23-20(21)22-12-6-7-13-26-15-16-8-4-3-5-9-16;/h3-5,8-11,14H,6-7,12-13,15H2,1-2H3,(H3,21,22,23);1H. The number of aliphatic imine (C=N–C) groups is 1. The maximum Gasteiger partial charge on any atom is 0.193 e. The van der Waals surface area contributed by atoms with Crippen LogP contribution in [0.25, 0.3) is 0 Å². The van der Waals surface area contributed by atoms with Crippen LogP contribution in [-0.2, 0) is 11.3 Å². The molecule has 0 unspecified atom stereocenters. The topological polar surface area (TPSA) is 78.1 Å². The molecule has 7 heteroatoms. The molecule has 0 atom stereocenters. The number of hydrogen-bond acceptors (Lipinski definition) is 4. The molecule has 0 fully saturated rings. The molecule has 148 valence electrons. The van der Waals surface area contributed by atoms with E-state index in [0.29, 0.717) is 37.2 Å². The van der Waals surface area contributed by atoms with E-state index >= 15 is 0 Å². The van der Waals surface area contributed by atoms with Crippen LogP contribution in [0.1, 0.15) is 18.4 Å². The third-order valence-corrected chi connectivity index (χ3v) is 3.75. The number of hydrogen-bond donors (Lipinski definition) is 2. The molecule has 0 aliphatic rings. The van der Waals surface area contributed by atoms with Gasteiger partial charge in [-0.15, -0.1) is 24.0 Å². The molecule has 0 amide bonds. The number of nitrogens with one attached hydrogen (secondary N) is 1. The fourth-order valence-corrected chi connectivity index (χ4v) is 2.38. The van der Waals surface area contributed by atoms with E-state index in [0.717, 1.165) is 18.5 Å². The summed E-state index contributed by atoms with van der Waals surface area (Å²) in [4.78, 5) is 4.33. The van der Waals surface area contributed by atoms with Gasteiger partial charge in [-0.1, -0.05) is 30.3 Å². The van der Waals surface area contributed by atoms with Crippen molar-refractivity contribution in [2.75, 3.05) is 32.7 Å². The number of nitrogens with two attached hydrogens (primary N) is 1. The van der Waals surface area contributed by atoms with Gasteiger partial charge in [-0.2, -0.15) is 0 Å². The van der Waals surface area contributed by atoms with Crippen molar-refractivity contribution in [2.45, 2.75) is 19.4 Å². The quantitative estimate of drug-likeness (QED) is 0.230. The van der Waals surface area contributed by atoms with Crippen LogP contribution in [0.3, 0.4) is 0 Å². The Kier molecular flexibility index (Phi) is 11.3. The third-order valence-electron chi connectivity index (χ3n) is 3.75. The number of halogens is 1. The van der Waals surface area contributed by atoms with Crippen molar-refractivity contribution in [1.29, 1.82) is 0 Å². The van der Waals surface area contributed by atoms with Gasteiger partial charge in [0, 0.05) is 24.9 Å². The molecule has 27 heavy (non-hydrogen) atoms. The Bertz CT molecular complexity index is 696. The number of benzene rings is 2. The molecule has 2 rings (SSSR count). The molecule has 0 heterocycles. The SMILES string of the molecule is COc1ccc(NC(N)=NCCCCOCc2ccccc2)cc1OC.I. The van der Waals surface area contributed by atoms with Gasteiger partial charge in [0.2, 0.25) is 0 Å². The van der Waals surface area contributed by atoms with E-state index in [2.05, 4.69) is 22.4 Å². The van der Waals surface area contributed by atoms with E-state index in [-0.39, 0.29) is 24.0 Å². The van der Waals surface area contributed by atoms with Crippen molar-refractivity contribution in [2.24, 2.45) is 10.7 Å². The molecule has 0 spiro atoms. The van der Waals surface area contributed by atoms with E-state index in [4.69, 9.17) is 19.9 Å². The highest BCUT2D eigenvalue weighted by Gasteiger charge is 2.04. The second kappa shape index (κ2) is 13.2. The van der Waals surface area contributed by atoms with Crippen molar-refractivity contribution in [3.63, 3.8) is 0 Å². The molecule has 6 nitrogen and oxygen atoms in total. The summed E-state index contributed by atoms with van der Waals surface area (Å²) in [5, 5.41) is 3.05. The number of guanidine groups is 1. The lowest BCUT2D eigenvalue weighted by Gasteiger charge is -2.11. The van der Waals surface area contributed by atoms with Crippen molar-refractivity contribution >= 4 is 35.6 Å². The highest BCUT2D eigenvalue weighted by atomic mass is 127. The molecule has 3 N–H and O–H groups in total. The molecule has 0 aliphatic carbocycles. The molecule has 2 aromatic carbocycles. The van der Waals surface area contributed by atoms with Crippen LogP contribution in [0.5, 0.6) is 11.5 Å². The number of anilines is 1. The van der Waals surface area contributed by atoms with Gasteiger partial charge in [0.15, 0.2) is 17.5 Å².